The van der Waals surface area contributed by atoms with Gasteiger partial charge in [-0.1, -0.05) is 0 Å². The van der Waals surface area contributed by atoms with Gasteiger partial charge in [-0.15, -0.1) is 0 Å². The van der Waals surface area contributed by atoms with Crippen molar-refractivity contribution in [2.45, 2.75) is 25.8 Å². The summed E-state index contributed by atoms with van der Waals surface area (Å²) in [5.74, 6) is -0.269. The zero-order valence-electron chi connectivity index (χ0n) is 10.9. The third kappa shape index (κ3) is 3.01. The van der Waals surface area contributed by atoms with Crippen LogP contribution in [0.3, 0.4) is 0 Å². The molecule has 0 spiro atoms. The van der Waals surface area contributed by atoms with E-state index in [0.29, 0.717) is 18.2 Å². The summed E-state index contributed by atoms with van der Waals surface area (Å²) in [5.41, 5.74) is 6.22. The van der Waals surface area contributed by atoms with Crippen LogP contribution in [-0.4, -0.2) is 24.1 Å². The van der Waals surface area contributed by atoms with E-state index in [4.69, 9.17) is 5.73 Å². The highest BCUT2D eigenvalue weighted by atomic mass is 19.1. The number of benzene rings is 1. The molecule has 5 nitrogen and oxygen atoms in total. The van der Waals surface area contributed by atoms with Gasteiger partial charge in [-0.3, -0.25) is 10.1 Å². The molecule has 1 fully saturated rings. The van der Waals surface area contributed by atoms with Crippen LogP contribution in [0.1, 0.15) is 19.8 Å². The molecule has 0 radical (unpaired) electrons. The molecule has 0 bridgehead atoms. The molecule has 1 aliphatic heterocycles. The lowest BCUT2D eigenvalue weighted by molar-refractivity contribution is -0.384. The number of rotatable bonds is 3. The predicted octanol–water partition coefficient (Wildman–Crippen LogP) is 2.30. The van der Waals surface area contributed by atoms with Crippen molar-refractivity contribution in [3.05, 3.63) is 34.1 Å². The first kappa shape index (κ1) is 13.7. The topological polar surface area (TPSA) is 72.4 Å². The summed E-state index contributed by atoms with van der Waals surface area (Å²) < 4.78 is 13.1. The van der Waals surface area contributed by atoms with Crippen molar-refractivity contribution in [1.29, 1.82) is 0 Å². The summed E-state index contributed by atoms with van der Waals surface area (Å²) in [7, 11) is 0. The number of halogens is 1. The number of anilines is 1. The SMILES string of the molecule is CC(N)C1CCCN(c2ccc(F)cc2[N+](=O)[O-])C1. The molecular formula is C13H18FN3O2. The van der Waals surface area contributed by atoms with Gasteiger partial charge in [0.05, 0.1) is 11.0 Å². The van der Waals surface area contributed by atoms with Crippen molar-refractivity contribution in [2.75, 3.05) is 18.0 Å². The number of nitro benzene ring substituents is 1. The first-order chi connectivity index (χ1) is 8.99. The van der Waals surface area contributed by atoms with Crippen molar-refractivity contribution < 1.29 is 9.31 Å². The monoisotopic (exact) mass is 267 g/mol. The van der Waals surface area contributed by atoms with Gasteiger partial charge in [-0.05, 0) is 37.8 Å². The van der Waals surface area contributed by atoms with Crippen LogP contribution in [-0.2, 0) is 0 Å². The van der Waals surface area contributed by atoms with Gasteiger partial charge in [-0.25, -0.2) is 4.39 Å². The van der Waals surface area contributed by atoms with Gasteiger partial charge >= 0.3 is 0 Å². The second-order valence-corrected chi connectivity index (χ2v) is 5.10. The maximum absolute atomic E-state index is 13.1. The first-order valence-corrected chi connectivity index (χ1v) is 6.43. The molecule has 0 aromatic heterocycles. The number of piperidine rings is 1. The molecule has 1 aromatic rings. The van der Waals surface area contributed by atoms with Crippen LogP contribution < -0.4 is 10.6 Å². The second kappa shape index (κ2) is 5.52. The van der Waals surface area contributed by atoms with E-state index in [9.17, 15) is 14.5 Å². The summed E-state index contributed by atoms with van der Waals surface area (Å²) in [6.07, 6.45) is 1.98. The number of hydrogen-bond acceptors (Lipinski definition) is 4. The number of hydrogen-bond donors (Lipinski definition) is 1. The Morgan fingerprint density at radius 1 is 1.58 bits per heavy atom. The quantitative estimate of drug-likeness (QED) is 0.673. The van der Waals surface area contributed by atoms with Crippen LogP contribution in [0.2, 0.25) is 0 Å². The van der Waals surface area contributed by atoms with E-state index in [1.165, 1.54) is 12.1 Å². The molecule has 1 saturated heterocycles. The minimum absolute atomic E-state index is 0.0577. The average Bonchev–Trinajstić information content (AvgIpc) is 2.38. The minimum atomic E-state index is -0.587. The smallest absolute Gasteiger partial charge is 0.295 e. The molecule has 104 valence electrons. The van der Waals surface area contributed by atoms with Crippen molar-refractivity contribution in [3.8, 4) is 0 Å². The third-order valence-corrected chi connectivity index (χ3v) is 3.68. The standard InChI is InChI=1S/C13H18FN3O2/c1-9(15)10-3-2-6-16(8-10)12-5-4-11(14)7-13(12)17(18)19/h4-5,7,9-10H,2-3,6,8,15H2,1H3. The Morgan fingerprint density at radius 2 is 2.32 bits per heavy atom. The molecule has 1 heterocycles. The highest BCUT2D eigenvalue weighted by molar-refractivity contribution is 5.63. The van der Waals surface area contributed by atoms with Gasteiger partial charge in [0.1, 0.15) is 11.5 Å². The van der Waals surface area contributed by atoms with E-state index in [-0.39, 0.29) is 11.7 Å². The maximum Gasteiger partial charge on any atom is 0.295 e. The summed E-state index contributed by atoms with van der Waals surface area (Å²) in [5, 5.41) is 11.0. The van der Waals surface area contributed by atoms with E-state index < -0.39 is 10.7 Å². The Kier molecular flexibility index (Phi) is 3.99. The molecule has 0 aliphatic carbocycles. The van der Waals surface area contributed by atoms with E-state index in [1.807, 2.05) is 11.8 Å². The third-order valence-electron chi connectivity index (χ3n) is 3.68. The van der Waals surface area contributed by atoms with Gasteiger partial charge in [0.2, 0.25) is 0 Å². The molecule has 2 atom stereocenters. The summed E-state index contributed by atoms with van der Waals surface area (Å²) in [6.45, 7) is 3.38. The van der Waals surface area contributed by atoms with Crippen molar-refractivity contribution >= 4 is 11.4 Å². The van der Waals surface area contributed by atoms with Crippen LogP contribution in [0.15, 0.2) is 18.2 Å². The van der Waals surface area contributed by atoms with Crippen LogP contribution >= 0.6 is 0 Å². The summed E-state index contributed by atoms with van der Waals surface area (Å²) >= 11 is 0. The molecule has 1 aliphatic rings. The molecule has 1 aromatic carbocycles. The first-order valence-electron chi connectivity index (χ1n) is 6.43. The lowest BCUT2D eigenvalue weighted by atomic mass is 9.92. The predicted molar refractivity (Wildman–Crippen MR) is 71.6 cm³/mol. The lowest BCUT2D eigenvalue weighted by Crippen LogP contribution is -2.42. The van der Waals surface area contributed by atoms with Crippen LogP contribution in [0.5, 0.6) is 0 Å². The number of nitrogens with zero attached hydrogens (tertiary/aromatic N) is 2. The van der Waals surface area contributed by atoms with Gasteiger partial charge < -0.3 is 10.6 Å². The zero-order valence-corrected chi connectivity index (χ0v) is 10.9. The Bertz CT molecular complexity index is 479. The Morgan fingerprint density at radius 3 is 2.95 bits per heavy atom. The van der Waals surface area contributed by atoms with Crippen LogP contribution in [0.25, 0.3) is 0 Å². The van der Waals surface area contributed by atoms with Crippen molar-refractivity contribution in [2.24, 2.45) is 11.7 Å². The Balaban J connectivity index is 2.28. The summed E-state index contributed by atoms with van der Waals surface area (Å²) in [6, 6.07) is 3.78. The van der Waals surface area contributed by atoms with Gasteiger partial charge in [0, 0.05) is 19.1 Å². The molecule has 2 N–H and O–H groups in total. The van der Waals surface area contributed by atoms with E-state index in [1.54, 1.807) is 0 Å². The summed E-state index contributed by atoms with van der Waals surface area (Å²) in [4.78, 5) is 12.4. The van der Waals surface area contributed by atoms with Crippen LogP contribution in [0, 0.1) is 21.8 Å². The van der Waals surface area contributed by atoms with E-state index >= 15 is 0 Å². The molecular weight excluding hydrogens is 249 g/mol. The number of nitro groups is 1. The molecule has 6 heteroatoms. The highest BCUT2D eigenvalue weighted by Crippen LogP contribution is 2.32. The zero-order chi connectivity index (χ0) is 14.0. The molecule has 0 saturated carbocycles. The number of nitrogens with two attached hydrogens (primary N) is 1. The normalized spacial score (nSPS) is 21.2. The van der Waals surface area contributed by atoms with Crippen molar-refractivity contribution in [1.82, 2.24) is 0 Å². The molecule has 19 heavy (non-hydrogen) atoms. The molecule has 2 unspecified atom stereocenters. The molecule has 2 rings (SSSR count). The van der Waals surface area contributed by atoms with Crippen molar-refractivity contribution in [3.63, 3.8) is 0 Å². The van der Waals surface area contributed by atoms with E-state index in [0.717, 1.165) is 25.5 Å². The van der Waals surface area contributed by atoms with E-state index in [2.05, 4.69) is 0 Å². The molecule has 0 amide bonds. The Hall–Kier alpha value is -1.69. The second-order valence-electron chi connectivity index (χ2n) is 5.10. The average molecular weight is 267 g/mol. The fourth-order valence-corrected chi connectivity index (χ4v) is 2.57. The Labute approximate surface area is 111 Å². The fraction of sp³-hybridized carbons (Fsp3) is 0.538. The minimum Gasteiger partial charge on any atom is -0.366 e. The van der Waals surface area contributed by atoms with Gasteiger partial charge in [-0.2, -0.15) is 0 Å². The fourth-order valence-electron chi connectivity index (χ4n) is 2.57. The van der Waals surface area contributed by atoms with Gasteiger partial charge in [0.15, 0.2) is 0 Å². The largest absolute Gasteiger partial charge is 0.366 e. The maximum atomic E-state index is 13.1. The van der Waals surface area contributed by atoms with Crippen LogP contribution in [0.4, 0.5) is 15.8 Å². The lowest BCUT2D eigenvalue weighted by Gasteiger charge is -2.35. The highest BCUT2D eigenvalue weighted by Gasteiger charge is 2.27. The van der Waals surface area contributed by atoms with Gasteiger partial charge in [0.25, 0.3) is 5.69 Å².